The van der Waals surface area contributed by atoms with Crippen LogP contribution in [0.1, 0.15) is 48.8 Å². The van der Waals surface area contributed by atoms with Crippen molar-refractivity contribution in [2.45, 2.75) is 45.7 Å². The Morgan fingerprint density at radius 3 is 2.77 bits per heavy atom. The second-order valence-corrected chi connectivity index (χ2v) is 6.06. The highest BCUT2D eigenvalue weighted by molar-refractivity contribution is 5.80. The average Bonchev–Trinajstić information content (AvgIpc) is 3.20. The molecule has 3 heterocycles. The van der Waals surface area contributed by atoms with Crippen molar-refractivity contribution in [1.82, 2.24) is 24.5 Å². The molecule has 6 nitrogen and oxygen atoms in total. The fourth-order valence-corrected chi connectivity index (χ4v) is 3.47. The van der Waals surface area contributed by atoms with Crippen molar-refractivity contribution in [1.29, 1.82) is 0 Å². The molecule has 0 spiro atoms. The predicted molar refractivity (Wildman–Crippen MR) is 83.3 cm³/mol. The third-order valence-corrected chi connectivity index (χ3v) is 4.71. The molecule has 0 aliphatic carbocycles. The van der Waals surface area contributed by atoms with Gasteiger partial charge in [0.05, 0.1) is 11.7 Å². The molecular weight excluding hydrogens is 278 g/mol. The van der Waals surface area contributed by atoms with Gasteiger partial charge in [0.25, 0.3) is 0 Å². The molecule has 1 aliphatic heterocycles. The van der Waals surface area contributed by atoms with Gasteiger partial charge in [-0.3, -0.25) is 14.2 Å². The number of hydrogen-bond donors (Lipinski definition) is 0. The van der Waals surface area contributed by atoms with Crippen LogP contribution in [0.15, 0.2) is 18.5 Å². The highest BCUT2D eigenvalue weighted by atomic mass is 16.2. The number of rotatable bonds is 3. The third kappa shape index (κ3) is 2.32. The van der Waals surface area contributed by atoms with E-state index in [0.717, 1.165) is 30.8 Å². The number of likely N-dealkylation sites (tertiary alicyclic amines) is 1. The molecule has 1 fully saturated rings. The van der Waals surface area contributed by atoms with Crippen molar-refractivity contribution in [2.24, 2.45) is 7.05 Å². The van der Waals surface area contributed by atoms with Crippen molar-refractivity contribution < 1.29 is 4.79 Å². The molecule has 0 N–H and O–H groups in total. The van der Waals surface area contributed by atoms with Gasteiger partial charge in [-0.1, -0.05) is 0 Å². The summed E-state index contributed by atoms with van der Waals surface area (Å²) in [7, 11) is 1.96. The van der Waals surface area contributed by atoms with Gasteiger partial charge in [0.15, 0.2) is 0 Å². The van der Waals surface area contributed by atoms with Gasteiger partial charge in [-0.05, 0) is 39.7 Å². The van der Waals surface area contributed by atoms with Crippen LogP contribution in [-0.2, 0) is 11.8 Å². The minimum Gasteiger partial charge on any atom is -0.334 e. The van der Waals surface area contributed by atoms with E-state index in [1.54, 1.807) is 10.9 Å². The molecule has 0 radical (unpaired) electrons. The van der Waals surface area contributed by atoms with Crippen LogP contribution < -0.4 is 0 Å². The first kappa shape index (κ1) is 14.8. The Morgan fingerprint density at radius 2 is 2.18 bits per heavy atom. The van der Waals surface area contributed by atoms with Crippen molar-refractivity contribution in [3.63, 3.8) is 0 Å². The number of carbonyl (C=O) groups excluding carboxylic acids is 1. The second-order valence-electron chi connectivity index (χ2n) is 6.06. The largest absolute Gasteiger partial charge is 0.334 e. The van der Waals surface area contributed by atoms with Gasteiger partial charge >= 0.3 is 0 Å². The molecule has 0 saturated carbocycles. The van der Waals surface area contributed by atoms with Crippen molar-refractivity contribution in [2.75, 3.05) is 6.54 Å². The normalized spacial score (nSPS) is 19.6. The van der Waals surface area contributed by atoms with Crippen LogP contribution in [-0.4, -0.2) is 36.9 Å². The van der Waals surface area contributed by atoms with Gasteiger partial charge in [0.1, 0.15) is 6.04 Å². The lowest BCUT2D eigenvalue weighted by Gasteiger charge is -2.28. The zero-order chi connectivity index (χ0) is 15.9. The van der Waals surface area contributed by atoms with Crippen molar-refractivity contribution in [3.05, 3.63) is 35.4 Å². The number of hydrogen-bond acceptors (Lipinski definition) is 3. The summed E-state index contributed by atoms with van der Waals surface area (Å²) in [6, 6.07) is 1.72. The fourth-order valence-electron chi connectivity index (χ4n) is 3.47. The van der Waals surface area contributed by atoms with Gasteiger partial charge in [0, 0.05) is 37.2 Å². The van der Waals surface area contributed by atoms with Gasteiger partial charge < -0.3 is 4.90 Å². The maximum absolute atomic E-state index is 12.9. The molecule has 118 valence electrons. The summed E-state index contributed by atoms with van der Waals surface area (Å²) >= 11 is 0. The molecule has 2 aromatic heterocycles. The molecule has 0 bridgehead atoms. The van der Waals surface area contributed by atoms with Crippen LogP contribution in [0, 0.1) is 13.8 Å². The first-order valence-electron chi connectivity index (χ1n) is 7.80. The van der Waals surface area contributed by atoms with E-state index in [9.17, 15) is 4.79 Å². The van der Waals surface area contributed by atoms with E-state index < -0.39 is 0 Å². The Morgan fingerprint density at radius 1 is 1.41 bits per heavy atom. The number of amides is 1. The summed E-state index contributed by atoms with van der Waals surface area (Å²) in [6.45, 7) is 6.82. The highest BCUT2D eigenvalue weighted by Crippen LogP contribution is 2.36. The van der Waals surface area contributed by atoms with Gasteiger partial charge in [-0.2, -0.15) is 10.2 Å². The van der Waals surface area contributed by atoms with E-state index in [2.05, 4.69) is 17.1 Å². The summed E-state index contributed by atoms with van der Waals surface area (Å²) in [5.41, 5.74) is 3.38. The highest BCUT2D eigenvalue weighted by Gasteiger charge is 2.35. The molecule has 2 atom stereocenters. The van der Waals surface area contributed by atoms with Gasteiger partial charge in [0.2, 0.25) is 5.91 Å². The minimum absolute atomic E-state index is 0.133. The maximum Gasteiger partial charge on any atom is 0.247 e. The molecule has 1 saturated heterocycles. The quantitative estimate of drug-likeness (QED) is 0.873. The molecule has 0 aromatic carbocycles. The van der Waals surface area contributed by atoms with E-state index in [1.165, 1.54) is 5.56 Å². The monoisotopic (exact) mass is 301 g/mol. The Hall–Kier alpha value is -2.11. The Kier molecular flexibility index (Phi) is 3.76. The second kappa shape index (κ2) is 5.59. The zero-order valence-corrected chi connectivity index (χ0v) is 13.7. The van der Waals surface area contributed by atoms with Crippen LogP contribution in [0.3, 0.4) is 0 Å². The smallest absolute Gasteiger partial charge is 0.247 e. The first-order valence-corrected chi connectivity index (χ1v) is 7.80. The molecule has 1 amide bonds. The van der Waals surface area contributed by atoms with Crippen LogP contribution in [0.4, 0.5) is 0 Å². The lowest BCUT2D eigenvalue weighted by molar-refractivity contribution is -0.135. The molecule has 2 aromatic rings. The van der Waals surface area contributed by atoms with Crippen molar-refractivity contribution >= 4 is 5.91 Å². The van der Waals surface area contributed by atoms with E-state index in [0.29, 0.717) is 0 Å². The Bertz CT molecular complexity index is 673. The van der Waals surface area contributed by atoms with Crippen LogP contribution in [0.25, 0.3) is 0 Å². The van der Waals surface area contributed by atoms with E-state index in [-0.39, 0.29) is 18.0 Å². The van der Waals surface area contributed by atoms with E-state index in [4.69, 9.17) is 0 Å². The summed E-state index contributed by atoms with van der Waals surface area (Å²) in [4.78, 5) is 14.9. The number of carbonyl (C=O) groups is 1. The summed E-state index contributed by atoms with van der Waals surface area (Å²) < 4.78 is 3.63. The Balaban J connectivity index is 1.88. The molecule has 1 aliphatic rings. The van der Waals surface area contributed by atoms with E-state index >= 15 is 0 Å². The maximum atomic E-state index is 12.9. The predicted octanol–water partition coefficient (Wildman–Crippen LogP) is 2.16. The third-order valence-electron chi connectivity index (χ3n) is 4.71. The Labute approximate surface area is 130 Å². The van der Waals surface area contributed by atoms with Gasteiger partial charge in [-0.15, -0.1) is 0 Å². The summed E-state index contributed by atoms with van der Waals surface area (Å²) in [6.07, 6.45) is 5.59. The number of aryl methyl sites for hydroxylation is 2. The number of aromatic nitrogens is 4. The molecule has 6 heteroatoms. The SMILES string of the molecule is Cc1nn(C)c(C)c1C1CCCN1C(=O)C(C)n1cccn1. The lowest BCUT2D eigenvalue weighted by atomic mass is 10.0. The molecule has 2 unspecified atom stereocenters. The van der Waals surface area contributed by atoms with E-state index in [1.807, 2.05) is 42.7 Å². The standard InChI is InChI=1S/C16H23N5O/c1-11-15(12(2)19(4)18-11)14-7-5-9-20(14)16(22)13(3)21-10-6-8-17-21/h6,8,10,13-14H,5,7,9H2,1-4H3. The minimum atomic E-state index is -0.270. The summed E-state index contributed by atoms with van der Waals surface area (Å²) in [5, 5.41) is 8.70. The summed E-state index contributed by atoms with van der Waals surface area (Å²) in [5.74, 6) is 0.133. The van der Waals surface area contributed by atoms with Gasteiger partial charge in [-0.25, -0.2) is 0 Å². The molecule has 22 heavy (non-hydrogen) atoms. The van der Waals surface area contributed by atoms with Crippen LogP contribution >= 0.6 is 0 Å². The number of nitrogens with zero attached hydrogens (tertiary/aromatic N) is 5. The average molecular weight is 301 g/mol. The van der Waals surface area contributed by atoms with Crippen LogP contribution in [0.5, 0.6) is 0 Å². The molecular formula is C16H23N5O. The molecule has 3 rings (SSSR count). The van der Waals surface area contributed by atoms with Crippen molar-refractivity contribution in [3.8, 4) is 0 Å². The zero-order valence-electron chi connectivity index (χ0n) is 13.7. The topological polar surface area (TPSA) is 56.0 Å². The van der Waals surface area contributed by atoms with Crippen LogP contribution in [0.2, 0.25) is 0 Å². The fraction of sp³-hybridized carbons (Fsp3) is 0.562. The lowest BCUT2D eigenvalue weighted by Crippen LogP contribution is -2.36. The first-order chi connectivity index (χ1) is 10.5.